The van der Waals surface area contributed by atoms with E-state index < -0.39 is 39.7 Å². The standard InChI is InChI=1S/C31H27F4NO5S/c1-21(30(37)40-20-22-7-4-3-5-8-22)41-29-16-11-23(17-28(29)24-9-6-10-25(18-24)31(33,34)35)19-36(2)42(38,39)27-14-12-26(32)13-15-27/h3-18,21H,19-20H2,1-2H3/t21-/m1/s1. The van der Waals surface area contributed by atoms with E-state index in [9.17, 15) is 30.8 Å². The molecule has 0 N–H and O–H groups in total. The summed E-state index contributed by atoms with van der Waals surface area (Å²) >= 11 is 0. The molecule has 0 aromatic heterocycles. The fourth-order valence-electron chi connectivity index (χ4n) is 4.08. The maximum Gasteiger partial charge on any atom is 0.416 e. The average molecular weight is 602 g/mol. The number of hydrogen-bond donors (Lipinski definition) is 0. The highest BCUT2D eigenvalue weighted by molar-refractivity contribution is 7.89. The van der Waals surface area contributed by atoms with Crippen molar-refractivity contribution in [3.8, 4) is 16.9 Å². The van der Waals surface area contributed by atoms with Gasteiger partial charge in [0, 0.05) is 19.2 Å². The number of benzene rings is 4. The molecule has 4 aromatic rings. The Kier molecular flexibility index (Phi) is 9.33. The van der Waals surface area contributed by atoms with Gasteiger partial charge < -0.3 is 9.47 Å². The van der Waals surface area contributed by atoms with Crippen LogP contribution in [0, 0.1) is 5.82 Å². The van der Waals surface area contributed by atoms with Crippen molar-refractivity contribution in [1.29, 1.82) is 0 Å². The summed E-state index contributed by atoms with van der Waals surface area (Å²) in [6, 6.07) is 22.4. The second-order valence-electron chi connectivity index (χ2n) is 9.48. The molecule has 11 heteroatoms. The van der Waals surface area contributed by atoms with Crippen LogP contribution in [0.25, 0.3) is 11.1 Å². The molecule has 0 unspecified atom stereocenters. The summed E-state index contributed by atoms with van der Waals surface area (Å²) in [7, 11) is -2.67. The number of carbonyl (C=O) groups excluding carboxylic acids is 1. The molecular formula is C31H27F4NO5S. The lowest BCUT2D eigenvalue weighted by atomic mass is 9.99. The van der Waals surface area contributed by atoms with E-state index in [1.54, 1.807) is 30.3 Å². The van der Waals surface area contributed by atoms with Crippen LogP contribution in [0.2, 0.25) is 0 Å². The number of halogens is 4. The Morgan fingerprint density at radius 1 is 0.881 bits per heavy atom. The predicted molar refractivity (Wildman–Crippen MR) is 148 cm³/mol. The van der Waals surface area contributed by atoms with Crippen molar-refractivity contribution in [2.75, 3.05) is 7.05 Å². The molecule has 0 amide bonds. The smallest absolute Gasteiger partial charge is 0.416 e. The molecule has 220 valence electrons. The largest absolute Gasteiger partial charge is 0.478 e. The van der Waals surface area contributed by atoms with Gasteiger partial charge in [-0.1, -0.05) is 48.5 Å². The van der Waals surface area contributed by atoms with Crippen LogP contribution in [0.1, 0.15) is 23.6 Å². The maximum absolute atomic E-state index is 13.5. The Morgan fingerprint density at radius 3 is 2.24 bits per heavy atom. The lowest BCUT2D eigenvalue weighted by Gasteiger charge is -2.21. The van der Waals surface area contributed by atoms with E-state index in [4.69, 9.17) is 9.47 Å². The van der Waals surface area contributed by atoms with Gasteiger partial charge in [-0.3, -0.25) is 0 Å². The molecule has 0 heterocycles. The Labute approximate surface area is 241 Å². The fourth-order valence-corrected chi connectivity index (χ4v) is 5.24. The van der Waals surface area contributed by atoms with Crippen molar-refractivity contribution in [2.24, 2.45) is 0 Å². The zero-order chi connectivity index (χ0) is 30.5. The summed E-state index contributed by atoms with van der Waals surface area (Å²) in [5.74, 6) is -1.16. The first-order valence-corrected chi connectivity index (χ1v) is 14.2. The molecule has 0 radical (unpaired) electrons. The van der Waals surface area contributed by atoms with Crippen LogP contribution in [0.5, 0.6) is 5.75 Å². The van der Waals surface area contributed by atoms with E-state index in [0.717, 1.165) is 46.3 Å². The molecule has 0 aliphatic carbocycles. The Balaban J connectivity index is 1.62. The third-order valence-corrected chi connectivity index (χ3v) is 8.15. The van der Waals surface area contributed by atoms with Crippen molar-refractivity contribution < 1.29 is 40.2 Å². The van der Waals surface area contributed by atoms with Crippen molar-refractivity contribution >= 4 is 16.0 Å². The first kappa shape index (κ1) is 30.7. The van der Waals surface area contributed by atoms with Crippen molar-refractivity contribution in [1.82, 2.24) is 4.31 Å². The van der Waals surface area contributed by atoms with Crippen LogP contribution in [0.3, 0.4) is 0 Å². The van der Waals surface area contributed by atoms with Crippen LogP contribution >= 0.6 is 0 Å². The minimum absolute atomic E-state index is 0.0155. The van der Waals surface area contributed by atoms with Crippen molar-refractivity contribution in [3.63, 3.8) is 0 Å². The maximum atomic E-state index is 13.5. The van der Waals surface area contributed by atoms with Crippen LogP contribution < -0.4 is 4.74 Å². The Morgan fingerprint density at radius 2 is 1.57 bits per heavy atom. The predicted octanol–water partition coefficient (Wildman–Crippen LogP) is 6.84. The number of alkyl halides is 3. The summed E-state index contributed by atoms with van der Waals surface area (Å²) in [6.45, 7) is 1.32. The molecular weight excluding hydrogens is 574 g/mol. The van der Waals surface area contributed by atoms with Gasteiger partial charge in [-0.05, 0) is 72.1 Å². The average Bonchev–Trinajstić information content (AvgIpc) is 2.97. The normalized spacial score (nSPS) is 12.6. The number of sulfonamides is 1. The third kappa shape index (κ3) is 7.54. The molecule has 4 aromatic carbocycles. The fraction of sp³-hybridized carbons (Fsp3) is 0.194. The van der Waals surface area contributed by atoms with Crippen molar-refractivity contribution in [3.05, 3.63) is 120 Å². The van der Waals surface area contributed by atoms with E-state index in [-0.39, 0.29) is 34.9 Å². The number of ether oxygens (including phenoxy) is 2. The van der Waals surface area contributed by atoms with E-state index in [0.29, 0.717) is 5.56 Å². The summed E-state index contributed by atoms with van der Waals surface area (Å²) in [4.78, 5) is 12.5. The van der Waals surface area contributed by atoms with Crippen LogP contribution in [-0.4, -0.2) is 31.8 Å². The van der Waals surface area contributed by atoms with E-state index in [1.165, 1.54) is 38.2 Å². The lowest BCUT2D eigenvalue weighted by molar-refractivity contribution is -0.152. The van der Waals surface area contributed by atoms with Crippen LogP contribution in [-0.2, 0) is 38.9 Å². The minimum Gasteiger partial charge on any atom is -0.478 e. The first-order chi connectivity index (χ1) is 19.8. The molecule has 6 nitrogen and oxygen atoms in total. The van der Waals surface area contributed by atoms with Gasteiger partial charge in [-0.25, -0.2) is 17.6 Å². The van der Waals surface area contributed by atoms with Gasteiger partial charge in [0.2, 0.25) is 10.0 Å². The van der Waals surface area contributed by atoms with E-state index in [2.05, 4.69) is 0 Å². The molecule has 0 saturated carbocycles. The molecule has 0 fully saturated rings. The third-order valence-electron chi connectivity index (χ3n) is 6.33. The van der Waals surface area contributed by atoms with Crippen molar-refractivity contribution in [2.45, 2.75) is 37.3 Å². The van der Waals surface area contributed by atoms with E-state index >= 15 is 0 Å². The SMILES string of the molecule is C[C@@H](Oc1ccc(CN(C)S(=O)(=O)c2ccc(F)cc2)cc1-c1cccc(C(F)(F)F)c1)C(=O)OCc1ccccc1. The van der Waals surface area contributed by atoms with Crippen LogP contribution in [0.15, 0.2) is 102 Å². The summed E-state index contributed by atoms with van der Waals surface area (Å²) < 4.78 is 92.1. The number of nitrogens with zero attached hydrogens (tertiary/aromatic N) is 1. The molecule has 0 spiro atoms. The molecule has 1 atom stereocenters. The molecule has 0 bridgehead atoms. The monoisotopic (exact) mass is 601 g/mol. The Hall–Kier alpha value is -4.22. The highest BCUT2D eigenvalue weighted by atomic mass is 32.2. The highest BCUT2D eigenvalue weighted by Gasteiger charge is 2.31. The zero-order valence-corrected chi connectivity index (χ0v) is 23.5. The Bertz CT molecular complexity index is 1640. The molecule has 0 aliphatic rings. The van der Waals surface area contributed by atoms with Gasteiger partial charge in [-0.2, -0.15) is 17.5 Å². The van der Waals surface area contributed by atoms with Gasteiger partial charge in [0.15, 0.2) is 6.10 Å². The second kappa shape index (κ2) is 12.7. The summed E-state index contributed by atoms with van der Waals surface area (Å²) in [6.07, 6.45) is -5.71. The summed E-state index contributed by atoms with van der Waals surface area (Å²) in [5.41, 5.74) is 0.682. The quantitative estimate of drug-likeness (QED) is 0.147. The molecule has 0 saturated heterocycles. The van der Waals surface area contributed by atoms with Gasteiger partial charge in [-0.15, -0.1) is 0 Å². The van der Waals surface area contributed by atoms with E-state index in [1.807, 2.05) is 6.07 Å². The van der Waals surface area contributed by atoms with Gasteiger partial charge >= 0.3 is 12.1 Å². The van der Waals surface area contributed by atoms with Gasteiger partial charge in [0.25, 0.3) is 0 Å². The number of esters is 1. The zero-order valence-electron chi connectivity index (χ0n) is 22.6. The highest BCUT2D eigenvalue weighted by Crippen LogP contribution is 2.37. The molecule has 0 aliphatic heterocycles. The second-order valence-corrected chi connectivity index (χ2v) is 11.5. The van der Waals surface area contributed by atoms with Crippen LogP contribution in [0.4, 0.5) is 17.6 Å². The minimum atomic E-state index is -4.60. The summed E-state index contributed by atoms with van der Waals surface area (Å²) in [5, 5.41) is 0. The molecule has 42 heavy (non-hydrogen) atoms. The molecule has 4 rings (SSSR count). The lowest BCUT2D eigenvalue weighted by Crippen LogP contribution is -2.27. The first-order valence-electron chi connectivity index (χ1n) is 12.7. The topological polar surface area (TPSA) is 72.9 Å². The van der Waals surface area contributed by atoms with Gasteiger partial charge in [0.05, 0.1) is 10.5 Å². The number of carbonyl (C=O) groups is 1. The number of rotatable bonds is 10. The van der Waals surface area contributed by atoms with Gasteiger partial charge in [0.1, 0.15) is 18.2 Å². The number of hydrogen-bond acceptors (Lipinski definition) is 5.